The van der Waals surface area contributed by atoms with Crippen LogP contribution in [0.5, 0.6) is 11.8 Å². The highest BCUT2D eigenvalue weighted by atomic mass is 79.9. The van der Waals surface area contributed by atoms with Crippen LogP contribution in [-0.4, -0.2) is 112 Å². The molecule has 0 aromatic carbocycles. The van der Waals surface area contributed by atoms with Gasteiger partial charge in [0.2, 0.25) is 11.8 Å². The number of fused-ring (bicyclic) bond motifs is 2. The standard InChI is InChI=1S/C20H25ClN6O2.C18H20BrClN4O3/c1-25-14-2-3-15(25)11-27(10-14)13-4-6-22-18(8-13)29-16-5-7-26(12-16)17-9-23-24-20(28)19(17)21;19-12-4-6-21-15(9-12)27-13-5-7-23(11-13)14-10-22-24(18(25)17(14)20)16-3-1-2-8-26-16/h4,6,8-9,14-16H,2-3,5,7,10-12H2,1H3,(H,24,28);4,6,9-10,13,16H,1-3,5,7-8,11H2/t14?,15?,16-;13-,16?/m11/s1. The molecule has 5 fully saturated rings. The smallest absolute Gasteiger partial charge is 0.290 e. The molecule has 1 N–H and O–H groups in total. The summed E-state index contributed by atoms with van der Waals surface area (Å²) in [7, 11) is 2.24. The topological polar surface area (TPSA) is 147 Å². The van der Waals surface area contributed by atoms with Crippen molar-refractivity contribution in [2.45, 2.75) is 75.5 Å². The van der Waals surface area contributed by atoms with E-state index >= 15 is 0 Å². The monoisotopic (exact) mass is 870 g/mol. The first-order valence-corrected chi connectivity index (χ1v) is 20.7. The average molecular weight is 873 g/mol. The highest BCUT2D eigenvalue weighted by Crippen LogP contribution is 2.33. The summed E-state index contributed by atoms with van der Waals surface area (Å²) in [5.74, 6) is 1.22. The highest BCUT2D eigenvalue weighted by molar-refractivity contribution is 9.10. The number of aromatic amines is 1. The third kappa shape index (κ3) is 8.64. The van der Waals surface area contributed by atoms with Gasteiger partial charge in [0, 0.05) is 92.4 Å². The van der Waals surface area contributed by atoms with E-state index in [1.54, 1.807) is 18.6 Å². The van der Waals surface area contributed by atoms with Gasteiger partial charge < -0.3 is 28.9 Å². The largest absolute Gasteiger partial charge is 0.472 e. The summed E-state index contributed by atoms with van der Waals surface area (Å²) in [6.07, 6.45) is 13.5. The molecule has 5 saturated heterocycles. The van der Waals surface area contributed by atoms with E-state index in [0.29, 0.717) is 54.9 Å². The Labute approximate surface area is 343 Å². The molecule has 5 aliphatic rings. The van der Waals surface area contributed by atoms with Gasteiger partial charge in [0.1, 0.15) is 22.3 Å². The zero-order valence-electron chi connectivity index (χ0n) is 31.1. The van der Waals surface area contributed by atoms with Crippen LogP contribution in [0.2, 0.25) is 10.0 Å². The van der Waals surface area contributed by atoms with Crippen LogP contribution < -0.4 is 35.3 Å². The number of aromatic nitrogens is 6. The fourth-order valence-corrected chi connectivity index (χ4v) is 9.01. The number of hydrogen-bond donors (Lipinski definition) is 1. The van der Waals surface area contributed by atoms with E-state index in [1.165, 1.54) is 23.2 Å². The third-order valence-corrected chi connectivity index (χ3v) is 12.5. The Bertz CT molecular complexity index is 2110. The molecule has 5 aliphatic heterocycles. The van der Waals surface area contributed by atoms with E-state index < -0.39 is 0 Å². The molecule has 298 valence electrons. The second-order valence-electron chi connectivity index (χ2n) is 14.9. The molecule has 2 bridgehead atoms. The summed E-state index contributed by atoms with van der Waals surface area (Å²) in [5.41, 5.74) is 1.79. The zero-order valence-corrected chi connectivity index (χ0v) is 34.2. The van der Waals surface area contributed by atoms with Crippen LogP contribution in [0, 0.1) is 0 Å². The van der Waals surface area contributed by atoms with Crippen molar-refractivity contribution in [1.82, 2.24) is 34.8 Å². The van der Waals surface area contributed by atoms with Crippen molar-refractivity contribution < 1.29 is 14.2 Å². The Balaban J connectivity index is 0.000000158. The Morgan fingerprint density at radius 1 is 0.804 bits per heavy atom. The van der Waals surface area contributed by atoms with E-state index in [-0.39, 0.29) is 39.6 Å². The number of nitrogens with zero attached hydrogens (tertiary/aromatic N) is 9. The molecular formula is C38H45BrCl2N10O5. The molecular weight excluding hydrogens is 827 g/mol. The van der Waals surface area contributed by atoms with Crippen LogP contribution in [0.15, 0.2) is 63.1 Å². The minimum absolute atomic E-state index is 0.00299. The number of H-pyrrole nitrogens is 1. The SMILES string of the molecule is CN1C2CCC1CN(c1ccnc(O[C@@H]3CCN(c4cn[nH]c(=O)c4Cl)C3)c1)C2.O=c1c(Cl)c(N2CC[C@@H](Oc3cc(Br)ccn3)C2)cnn1C1CCCCO1. The molecule has 3 unspecified atom stereocenters. The molecule has 15 nitrogen and oxygen atoms in total. The van der Waals surface area contributed by atoms with Crippen molar-refractivity contribution >= 4 is 56.2 Å². The highest BCUT2D eigenvalue weighted by Gasteiger charge is 2.38. The van der Waals surface area contributed by atoms with Gasteiger partial charge in [0.25, 0.3) is 11.1 Å². The zero-order chi connectivity index (χ0) is 38.8. The van der Waals surface area contributed by atoms with E-state index in [4.69, 9.17) is 37.4 Å². The van der Waals surface area contributed by atoms with Crippen molar-refractivity contribution in [3.63, 3.8) is 0 Å². The maximum Gasteiger partial charge on any atom is 0.290 e. The van der Waals surface area contributed by atoms with Crippen molar-refractivity contribution in [1.29, 1.82) is 0 Å². The fraction of sp³-hybridized carbons (Fsp3) is 0.526. The maximum absolute atomic E-state index is 12.7. The predicted molar refractivity (Wildman–Crippen MR) is 218 cm³/mol. The van der Waals surface area contributed by atoms with E-state index in [0.717, 1.165) is 62.8 Å². The molecule has 9 heterocycles. The molecule has 5 atom stereocenters. The molecule has 9 rings (SSSR count). The van der Waals surface area contributed by atoms with Gasteiger partial charge in [-0.05, 0) is 51.3 Å². The van der Waals surface area contributed by atoms with E-state index in [1.807, 2.05) is 28.1 Å². The summed E-state index contributed by atoms with van der Waals surface area (Å²) in [6.45, 7) is 5.53. The van der Waals surface area contributed by atoms with Crippen LogP contribution in [0.25, 0.3) is 0 Å². The van der Waals surface area contributed by atoms with Crippen LogP contribution in [-0.2, 0) is 4.74 Å². The van der Waals surface area contributed by atoms with Crippen LogP contribution >= 0.6 is 39.1 Å². The second kappa shape index (κ2) is 17.3. The summed E-state index contributed by atoms with van der Waals surface area (Å²) in [6, 6.07) is 9.09. The molecule has 4 aromatic heterocycles. The van der Waals surface area contributed by atoms with Crippen molar-refractivity contribution in [2.24, 2.45) is 0 Å². The fourth-order valence-electron chi connectivity index (χ4n) is 8.24. The molecule has 0 spiro atoms. The van der Waals surface area contributed by atoms with Gasteiger partial charge in [0.15, 0.2) is 6.23 Å². The second-order valence-corrected chi connectivity index (χ2v) is 16.6. The normalized spacial score (nSPS) is 24.9. The number of halogens is 3. The molecule has 4 aromatic rings. The lowest BCUT2D eigenvalue weighted by Gasteiger charge is -2.40. The van der Waals surface area contributed by atoms with Crippen molar-refractivity contribution in [3.8, 4) is 11.8 Å². The predicted octanol–water partition coefficient (Wildman–Crippen LogP) is 5.17. The van der Waals surface area contributed by atoms with Crippen molar-refractivity contribution in [2.75, 3.05) is 67.6 Å². The van der Waals surface area contributed by atoms with E-state index in [2.05, 4.69) is 70.2 Å². The first-order valence-electron chi connectivity index (χ1n) is 19.2. The number of anilines is 3. The van der Waals surface area contributed by atoms with Crippen LogP contribution in [0.1, 0.15) is 51.2 Å². The first-order chi connectivity index (χ1) is 27.2. The van der Waals surface area contributed by atoms with Gasteiger partial charge in [0.05, 0.1) is 36.9 Å². The summed E-state index contributed by atoms with van der Waals surface area (Å²) in [4.78, 5) is 42.1. The number of ether oxygens (including phenoxy) is 3. The summed E-state index contributed by atoms with van der Waals surface area (Å²) in [5, 5.41) is 10.9. The summed E-state index contributed by atoms with van der Waals surface area (Å²) < 4.78 is 20.1. The lowest BCUT2D eigenvalue weighted by atomic mass is 10.2. The minimum Gasteiger partial charge on any atom is -0.472 e. The molecule has 56 heavy (non-hydrogen) atoms. The van der Waals surface area contributed by atoms with Crippen LogP contribution in [0.4, 0.5) is 17.1 Å². The van der Waals surface area contributed by atoms with E-state index in [9.17, 15) is 9.59 Å². The number of pyridine rings is 2. The number of rotatable bonds is 8. The quantitative estimate of drug-likeness (QED) is 0.249. The molecule has 0 amide bonds. The van der Waals surface area contributed by atoms with Gasteiger partial charge in [-0.15, -0.1) is 0 Å². The first kappa shape index (κ1) is 38.9. The van der Waals surface area contributed by atoms with Gasteiger partial charge in [-0.1, -0.05) is 39.1 Å². The molecule has 0 radical (unpaired) electrons. The third-order valence-electron chi connectivity index (χ3n) is 11.3. The Morgan fingerprint density at radius 2 is 1.46 bits per heavy atom. The maximum atomic E-state index is 12.7. The Kier molecular flexibility index (Phi) is 12.0. The lowest BCUT2D eigenvalue weighted by Crippen LogP contribution is -2.52. The number of nitrogens with one attached hydrogen (secondary N) is 1. The van der Waals surface area contributed by atoms with Gasteiger partial charge in [-0.25, -0.2) is 15.1 Å². The number of piperazine rings is 1. The number of hydrogen-bond acceptors (Lipinski definition) is 13. The van der Waals surface area contributed by atoms with Gasteiger partial charge in [-0.3, -0.25) is 14.5 Å². The molecule has 0 saturated carbocycles. The summed E-state index contributed by atoms with van der Waals surface area (Å²) >= 11 is 15.9. The van der Waals surface area contributed by atoms with Crippen LogP contribution in [0.3, 0.4) is 0 Å². The minimum atomic E-state index is -0.371. The van der Waals surface area contributed by atoms with Gasteiger partial charge in [-0.2, -0.15) is 14.9 Å². The lowest BCUT2D eigenvalue weighted by molar-refractivity contribution is -0.0424. The van der Waals surface area contributed by atoms with Gasteiger partial charge >= 0.3 is 0 Å². The van der Waals surface area contributed by atoms with Crippen molar-refractivity contribution in [3.05, 3.63) is 84.3 Å². The molecule has 18 heteroatoms. The number of likely N-dealkylation sites (N-methyl/N-ethyl adjacent to an activating group) is 1. The molecule has 0 aliphatic carbocycles. The Morgan fingerprint density at radius 3 is 2.12 bits per heavy atom. The average Bonchev–Trinajstić information content (AvgIpc) is 3.91. The Hall–Kier alpha value is -3.96.